The van der Waals surface area contributed by atoms with E-state index in [1.807, 2.05) is 12.3 Å². The number of hydrogen-bond acceptors (Lipinski definition) is 5. The Bertz CT molecular complexity index is 1410. The van der Waals surface area contributed by atoms with Gasteiger partial charge in [-0.2, -0.15) is 0 Å². The van der Waals surface area contributed by atoms with Crippen molar-refractivity contribution in [3.8, 4) is 16.9 Å². The molecule has 1 aliphatic heterocycles. The van der Waals surface area contributed by atoms with Crippen LogP contribution >= 0.6 is 0 Å². The summed E-state index contributed by atoms with van der Waals surface area (Å²) >= 11 is 0. The third-order valence-electron chi connectivity index (χ3n) is 7.56. The monoisotopic (exact) mass is 539 g/mol. The second-order valence-corrected chi connectivity index (χ2v) is 13.1. The second-order valence-electron chi connectivity index (χ2n) is 10.7. The summed E-state index contributed by atoms with van der Waals surface area (Å²) in [7, 11) is -3.01. The Balaban J connectivity index is 1.78. The summed E-state index contributed by atoms with van der Waals surface area (Å²) in [5, 5.41) is 4.49. The number of carbonyl (C=O) groups is 1. The van der Waals surface area contributed by atoms with E-state index in [-0.39, 0.29) is 17.4 Å². The molecule has 2 aromatic carbocycles. The van der Waals surface area contributed by atoms with Gasteiger partial charge in [-0.1, -0.05) is 34.1 Å². The highest BCUT2D eigenvalue weighted by Crippen LogP contribution is 2.39. The fourth-order valence-electron chi connectivity index (χ4n) is 5.47. The zero-order chi connectivity index (χ0) is 27.4. The molecule has 4 N–H and O–H groups in total. The minimum atomic E-state index is -3.01. The number of fused-ring (bicyclic) bond motifs is 2. The number of amides is 1. The van der Waals surface area contributed by atoms with Gasteiger partial charge in [0.05, 0.1) is 23.4 Å². The molecule has 0 saturated heterocycles. The molecule has 8 heteroatoms. The average molecular weight is 540 g/mol. The summed E-state index contributed by atoms with van der Waals surface area (Å²) in [5.74, 6) is 0.977. The fourth-order valence-corrected chi connectivity index (χ4v) is 6.36. The van der Waals surface area contributed by atoms with Gasteiger partial charge < -0.3 is 20.8 Å². The van der Waals surface area contributed by atoms with E-state index in [1.54, 1.807) is 6.92 Å². The number of primary amides is 1. The molecule has 0 radical (unpaired) electrons. The first kappa shape index (κ1) is 28.2. The largest absolute Gasteiger partial charge is 0.493 e. The van der Waals surface area contributed by atoms with Gasteiger partial charge in [-0.05, 0) is 71.7 Å². The van der Waals surface area contributed by atoms with Gasteiger partial charge in [0.15, 0.2) is 0 Å². The van der Waals surface area contributed by atoms with E-state index in [1.165, 1.54) is 11.1 Å². The second kappa shape index (κ2) is 11.9. The summed E-state index contributed by atoms with van der Waals surface area (Å²) < 4.78 is 30.1. The van der Waals surface area contributed by atoms with Crippen molar-refractivity contribution in [3.05, 3.63) is 52.7 Å². The van der Waals surface area contributed by atoms with Gasteiger partial charge in [0.25, 0.3) is 5.91 Å². The van der Waals surface area contributed by atoms with Crippen molar-refractivity contribution < 1.29 is 17.9 Å². The van der Waals surface area contributed by atoms with Crippen LogP contribution < -0.4 is 15.8 Å². The number of rotatable bonds is 13. The summed E-state index contributed by atoms with van der Waals surface area (Å²) in [5.41, 5.74) is 12.5. The van der Waals surface area contributed by atoms with Crippen LogP contribution in [-0.2, 0) is 22.8 Å². The van der Waals surface area contributed by atoms with Crippen LogP contribution in [-0.4, -0.2) is 43.5 Å². The minimum absolute atomic E-state index is 0.170. The maximum absolute atomic E-state index is 12.6. The highest BCUT2D eigenvalue weighted by Gasteiger charge is 2.23. The summed E-state index contributed by atoms with van der Waals surface area (Å²) in [6, 6.07) is 8.62. The molecule has 38 heavy (non-hydrogen) atoms. The maximum atomic E-state index is 12.6. The summed E-state index contributed by atoms with van der Waals surface area (Å²) in [6.45, 7) is 9.52. The standard InChI is InChI=1S/C30H41N3O4S/c1-5-8-20(9-7-12-38(35,36)6-2)27-18-33-29-25(27)14-22(15-26(29)30(31)34)21-13-23(17-32-19(3)4)24-10-11-37-28(24)16-21/h13-16,18-20,32-33H,5-12,17H2,1-4H3,(H2,31,34). The number of benzene rings is 2. The van der Waals surface area contributed by atoms with Gasteiger partial charge >= 0.3 is 0 Å². The number of carbonyl (C=O) groups excluding carboxylic acids is 1. The van der Waals surface area contributed by atoms with Crippen LogP contribution in [0.5, 0.6) is 5.75 Å². The van der Waals surface area contributed by atoms with E-state index in [2.05, 4.69) is 49.3 Å². The molecule has 0 bridgehead atoms. The highest BCUT2D eigenvalue weighted by atomic mass is 32.2. The van der Waals surface area contributed by atoms with E-state index in [4.69, 9.17) is 10.5 Å². The third kappa shape index (κ3) is 6.24. The zero-order valence-electron chi connectivity index (χ0n) is 23.0. The number of aromatic nitrogens is 1. The SMILES string of the molecule is CCCC(CCCS(=O)(=O)CC)c1c[nH]c2c(C(N)=O)cc(-c3cc(CNC(C)C)c4c(c3)OCC4)cc12. The van der Waals surface area contributed by atoms with Crippen molar-refractivity contribution in [2.45, 2.75) is 78.3 Å². The Hall–Kier alpha value is -2.84. The number of nitrogens with two attached hydrogens (primary N) is 1. The predicted octanol–water partition coefficient (Wildman–Crippen LogP) is 5.47. The Morgan fingerprint density at radius 3 is 2.58 bits per heavy atom. The Kier molecular flexibility index (Phi) is 8.83. The first-order valence-electron chi connectivity index (χ1n) is 13.8. The first-order chi connectivity index (χ1) is 18.1. The molecule has 1 unspecified atom stereocenters. The van der Waals surface area contributed by atoms with Gasteiger partial charge in [-0.15, -0.1) is 0 Å². The van der Waals surface area contributed by atoms with Crippen molar-refractivity contribution in [2.75, 3.05) is 18.1 Å². The van der Waals surface area contributed by atoms with Crippen molar-refractivity contribution in [3.63, 3.8) is 0 Å². The fraction of sp³-hybridized carbons (Fsp3) is 0.500. The molecule has 1 atom stereocenters. The van der Waals surface area contributed by atoms with Crippen LogP contribution in [0.2, 0.25) is 0 Å². The lowest BCUT2D eigenvalue weighted by Crippen LogP contribution is -2.22. The van der Waals surface area contributed by atoms with Crippen LogP contribution in [0.25, 0.3) is 22.0 Å². The van der Waals surface area contributed by atoms with E-state index in [0.29, 0.717) is 24.6 Å². The lowest BCUT2D eigenvalue weighted by molar-refractivity contribution is 0.100. The molecule has 0 aliphatic carbocycles. The van der Waals surface area contributed by atoms with Crippen LogP contribution in [0.15, 0.2) is 30.5 Å². The molecular weight excluding hydrogens is 498 g/mol. The molecule has 4 rings (SSSR count). The normalized spacial score (nSPS) is 14.1. The van der Waals surface area contributed by atoms with Gasteiger partial charge in [0.2, 0.25) is 0 Å². The highest BCUT2D eigenvalue weighted by molar-refractivity contribution is 7.91. The van der Waals surface area contributed by atoms with Crippen molar-refractivity contribution in [2.24, 2.45) is 5.73 Å². The van der Waals surface area contributed by atoms with E-state index >= 15 is 0 Å². The number of ether oxygens (including phenoxy) is 1. The maximum Gasteiger partial charge on any atom is 0.250 e. The topological polar surface area (TPSA) is 114 Å². The molecule has 3 aromatic rings. The quantitative estimate of drug-likeness (QED) is 0.267. The molecule has 0 saturated carbocycles. The molecule has 1 aromatic heterocycles. The van der Waals surface area contributed by atoms with Crippen molar-refractivity contribution in [1.82, 2.24) is 10.3 Å². The van der Waals surface area contributed by atoms with E-state index < -0.39 is 15.7 Å². The van der Waals surface area contributed by atoms with Crippen LogP contribution in [0.3, 0.4) is 0 Å². The smallest absolute Gasteiger partial charge is 0.250 e. The first-order valence-corrected chi connectivity index (χ1v) is 15.6. The van der Waals surface area contributed by atoms with Crippen LogP contribution in [0.1, 0.15) is 86.3 Å². The van der Waals surface area contributed by atoms with E-state index in [0.717, 1.165) is 65.6 Å². The Morgan fingerprint density at radius 2 is 1.89 bits per heavy atom. The van der Waals surface area contributed by atoms with Gasteiger partial charge in [0, 0.05) is 41.9 Å². The number of H-pyrrole nitrogens is 1. The van der Waals surface area contributed by atoms with Crippen LogP contribution in [0.4, 0.5) is 0 Å². The van der Waals surface area contributed by atoms with Crippen molar-refractivity contribution in [1.29, 1.82) is 0 Å². The molecule has 0 spiro atoms. The van der Waals surface area contributed by atoms with Crippen LogP contribution in [0, 0.1) is 0 Å². The van der Waals surface area contributed by atoms with Crippen molar-refractivity contribution >= 4 is 26.6 Å². The zero-order valence-corrected chi connectivity index (χ0v) is 23.8. The Labute approximate surface area is 226 Å². The number of hydrogen-bond donors (Lipinski definition) is 3. The number of aromatic amines is 1. The van der Waals surface area contributed by atoms with E-state index in [9.17, 15) is 13.2 Å². The minimum Gasteiger partial charge on any atom is -0.493 e. The molecular formula is C30H41N3O4S. The average Bonchev–Trinajstić information content (AvgIpc) is 3.53. The summed E-state index contributed by atoms with van der Waals surface area (Å²) in [6.07, 6.45) is 6.17. The van der Waals surface area contributed by atoms with Gasteiger partial charge in [-0.3, -0.25) is 4.79 Å². The molecule has 1 aliphatic rings. The lowest BCUT2D eigenvalue weighted by Gasteiger charge is -2.17. The van der Waals surface area contributed by atoms with Gasteiger partial charge in [0.1, 0.15) is 15.6 Å². The predicted molar refractivity (Wildman–Crippen MR) is 155 cm³/mol. The number of nitrogens with one attached hydrogen (secondary N) is 2. The lowest BCUT2D eigenvalue weighted by atomic mass is 9.88. The molecule has 206 valence electrons. The van der Waals surface area contributed by atoms with Gasteiger partial charge in [-0.25, -0.2) is 8.42 Å². The molecule has 1 amide bonds. The molecule has 0 fully saturated rings. The number of sulfone groups is 1. The molecule has 2 heterocycles. The molecule has 7 nitrogen and oxygen atoms in total. The third-order valence-corrected chi connectivity index (χ3v) is 9.35. The summed E-state index contributed by atoms with van der Waals surface area (Å²) in [4.78, 5) is 15.9. The Morgan fingerprint density at radius 1 is 1.13 bits per heavy atom.